The minimum Gasteiger partial charge on any atom is -0.481 e. The van der Waals surface area contributed by atoms with Gasteiger partial charge in [0.15, 0.2) is 0 Å². The SMILES string of the molecule is NC(CC(=O)O)Cc1cnc[nH]1. The number of nitrogens with two attached hydrogens (primary N) is 1. The van der Waals surface area contributed by atoms with Crippen LogP contribution >= 0.6 is 0 Å². The van der Waals surface area contributed by atoms with E-state index in [-0.39, 0.29) is 12.5 Å². The molecule has 0 bridgehead atoms. The standard InChI is InChI=1S/C7H11N3O2/c8-5(2-7(11)12)1-6-3-9-4-10-6/h3-5H,1-2,8H2,(H,9,10)(H,11,12). The Morgan fingerprint density at radius 1 is 1.83 bits per heavy atom. The van der Waals surface area contributed by atoms with Crippen molar-refractivity contribution in [3.63, 3.8) is 0 Å². The summed E-state index contributed by atoms with van der Waals surface area (Å²) in [5, 5.41) is 8.41. The number of nitrogens with one attached hydrogen (secondary N) is 1. The number of aromatic nitrogens is 2. The second-order valence-corrected chi connectivity index (χ2v) is 2.64. The lowest BCUT2D eigenvalue weighted by Gasteiger charge is -2.05. The molecule has 0 aromatic carbocycles. The normalized spacial score (nSPS) is 12.8. The van der Waals surface area contributed by atoms with Crippen LogP contribution in [0.2, 0.25) is 0 Å². The summed E-state index contributed by atoms with van der Waals surface area (Å²) in [5.74, 6) is -0.873. The lowest BCUT2D eigenvalue weighted by atomic mass is 10.1. The number of aromatic amines is 1. The number of H-pyrrole nitrogens is 1. The summed E-state index contributed by atoms with van der Waals surface area (Å²) in [6.45, 7) is 0. The molecule has 0 saturated heterocycles. The van der Waals surface area contributed by atoms with Crippen molar-refractivity contribution in [1.29, 1.82) is 0 Å². The molecule has 12 heavy (non-hydrogen) atoms. The van der Waals surface area contributed by atoms with Crippen LogP contribution in [0.1, 0.15) is 12.1 Å². The van der Waals surface area contributed by atoms with Crippen molar-refractivity contribution in [2.24, 2.45) is 5.73 Å². The number of imidazole rings is 1. The van der Waals surface area contributed by atoms with E-state index in [1.54, 1.807) is 12.5 Å². The summed E-state index contributed by atoms with van der Waals surface area (Å²) in [5.41, 5.74) is 6.40. The Morgan fingerprint density at radius 2 is 2.58 bits per heavy atom. The highest BCUT2D eigenvalue weighted by Gasteiger charge is 2.08. The molecule has 0 aliphatic rings. The van der Waals surface area contributed by atoms with Crippen molar-refractivity contribution in [2.45, 2.75) is 18.9 Å². The Morgan fingerprint density at radius 3 is 3.08 bits per heavy atom. The van der Waals surface area contributed by atoms with Crippen LogP contribution in [0.3, 0.4) is 0 Å². The predicted molar refractivity (Wildman–Crippen MR) is 42.5 cm³/mol. The number of rotatable bonds is 4. The molecule has 0 fully saturated rings. The largest absolute Gasteiger partial charge is 0.481 e. The fourth-order valence-electron chi connectivity index (χ4n) is 0.975. The molecule has 0 aliphatic heterocycles. The Bertz CT molecular complexity index is 245. The summed E-state index contributed by atoms with van der Waals surface area (Å²) >= 11 is 0. The Kier molecular flexibility index (Phi) is 2.82. The highest BCUT2D eigenvalue weighted by Crippen LogP contribution is 1.99. The van der Waals surface area contributed by atoms with Crippen LogP contribution in [0, 0.1) is 0 Å². The predicted octanol–water partition coefficient (Wildman–Crippen LogP) is -0.246. The maximum absolute atomic E-state index is 10.2. The smallest absolute Gasteiger partial charge is 0.304 e. The van der Waals surface area contributed by atoms with E-state index < -0.39 is 5.97 Å². The molecule has 1 aromatic rings. The van der Waals surface area contributed by atoms with Crippen molar-refractivity contribution in [3.8, 4) is 0 Å². The fraction of sp³-hybridized carbons (Fsp3) is 0.429. The van der Waals surface area contributed by atoms with E-state index in [2.05, 4.69) is 9.97 Å². The highest BCUT2D eigenvalue weighted by molar-refractivity contribution is 5.67. The van der Waals surface area contributed by atoms with Crippen LogP contribution in [0.15, 0.2) is 12.5 Å². The van der Waals surface area contributed by atoms with Gasteiger partial charge in [-0.15, -0.1) is 0 Å². The molecule has 5 heteroatoms. The average Bonchev–Trinajstić information content (AvgIpc) is 2.37. The van der Waals surface area contributed by atoms with E-state index in [1.165, 1.54) is 0 Å². The van der Waals surface area contributed by atoms with Gasteiger partial charge in [0, 0.05) is 24.4 Å². The van der Waals surface area contributed by atoms with Crippen LogP contribution < -0.4 is 5.73 Å². The van der Waals surface area contributed by atoms with Gasteiger partial charge >= 0.3 is 5.97 Å². The molecule has 66 valence electrons. The number of nitrogens with zero attached hydrogens (tertiary/aromatic N) is 1. The molecular formula is C7H11N3O2. The van der Waals surface area contributed by atoms with Gasteiger partial charge in [0.2, 0.25) is 0 Å². The minimum atomic E-state index is -0.873. The Hall–Kier alpha value is -1.36. The Balaban J connectivity index is 2.36. The molecule has 0 saturated carbocycles. The third kappa shape index (κ3) is 2.71. The van der Waals surface area contributed by atoms with Gasteiger partial charge in [-0.2, -0.15) is 0 Å². The van der Waals surface area contributed by atoms with Crippen molar-refractivity contribution in [1.82, 2.24) is 9.97 Å². The summed E-state index contributed by atoms with van der Waals surface area (Å²) in [4.78, 5) is 16.9. The maximum atomic E-state index is 10.2. The monoisotopic (exact) mass is 169 g/mol. The molecule has 1 rings (SSSR count). The van der Waals surface area contributed by atoms with Crippen LogP contribution in [-0.4, -0.2) is 27.1 Å². The van der Waals surface area contributed by atoms with Gasteiger partial charge in [-0.05, 0) is 0 Å². The minimum absolute atomic E-state index is 0.0149. The molecule has 4 N–H and O–H groups in total. The van der Waals surface area contributed by atoms with Gasteiger partial charge in [-0.25, -0.2) is 4.98 Å². The van der Waals surface area contributed by atoms with Gasteiger partial charge in [-0.1, -0.05) is 0 Å². The van der Waals surface area contributed by atoms with Crippen molar-refractivity contribution in [3.05, 3.63) is 18.2 Å². The van der Waals surface area contributed by atoms with Crippen molar-refractivity contribution in [2.75, 3.05) is 0 Å². The van der Waals surface area contributed by atoms with Gasteiger partial charge in [-0.3, -0.25) is 4.79 Å². The van der Waals surface area contributed by atoms with E-state index in [0.717, 1.165) is 5.69 Å². The number of hydrogen-bond donors (Lipinski definition) is 3. The molecule has 1 aromatic heterocycles. The second-order valence-electron chi connectivity index (χ2n) is 2.64. The van der Waals surface area contributed by atoms with Crippen molar-refractivity contribution < 1.29 is 9.90 Å². The van der Waals surface area contributed by atoms with E-state index in [4.69, 9.17) is 10.8 Å². The van der Waals surface area contributed by atoms with E-state index in [0.29, 0.717) is 6.42 Å². The lowest BCUT2D eigenvalue weighted by molar-refractivity contribution is -0.137. The third-order valence-electron chi connectivity index (χ3n) is 1.47. The highest BCUT2D eigenvalue weighted by atomic mass is 16.4. The number of hydrogen-bond acceptors (Lipinski definition) is 3. The molecule has 0 radical (unpaired) electrons. The summed E-state index contributed by atoms with van der Waals surface area (Å²) in [6, 6.07) is -0.344. The molecule has 1 heterocycles. The quantitative estimate of drug-likeness (QED) is 0.579. The van der Waals surface area contributed by atoms with E-state index >= 15 is 0 Å². The van der Waals surface area contributed by atoms with Gasteiger partial charge < -0.3 is 15.8 Å². The number of carboxylic acids is 1. The molecular weight excluding hydrogens is 158 g/mol. The number of carbonyl (C=O) groups is 1. The topological polar surface area (TPSA) is 92.0 Å². The lowest BCUT2D eigenvalue weighted by Crippen LogP contribution is -2.26. The molecule has 0 amide bonds. The van der Waals surface area contributed by atoms with Gasteiger partial charge in [0.1, 0.15) is 0 Å². The molecule has 1 atom stereocenters. The molecule has 5 nitrogen and oxygen atoms in total. The van der Waals surface area contributed by atoms with Crippen molar-refractivity contribution >= 4 is 5.97 Å². The molecule has 1 unspecified atom stereocenters. The first-order chi connectivity index (χ1) is 5.68. The zero-order chi connectivity index (χ0) is 8.97. The number of carboxylic acid groups (broad SMARTS) is 1. The van der Waals surface area contributed by atoms with Gasteiger partial charge in [0.05, 0.1) is 12.7 Å². The van der Waals surface area contributed by atoms with Crippen LogP contribution in [-0.2, 0) is 11.2 Å². The summed E-state index contributed by atoms with van der Waals surface area (Å²) in [7, 11) is 0. The third-order valence-corrected chi connectivity index (χ3v) is 1.47. The van der Waals surface area contributed by atoms with E-state index in [9.17, 15) is 4.79 Å². The fourth-order valence-corrected chi connectivity index (χ4v) is 0.975. The van der Waals surface area contributed by atoms with Gasteiger partial charge in [0.25, 0.3) is 0 Å². The first-order valence-corrected chi connectivity index (χ1v) is 3.63. The Labute approximate surface area is 69.6 Å². The first kappa shape index (κ1) is 8.73. The summed E-state index contributed by atoms with van der Waals surface area (Å²) in [6.07, 6.45) is 3.69. The second kappa shape index (κ2) is 3.87. The zero-order valence-electron chi connectivity index (χ0n) is 6.53. The molecule has 0 spiro atoms. The number of aliphatic carboxylic acids is 1. The van der Waals surface area contributed by atoms with Crippen LogP contribution in [0.25, 0.3) is 0 Å². The maximum Gasteiger partial charge on any atom is 0.304 e. The molecule has 0 aliphatic carbocycles. The first-order valence-electron chi connectivity index (χ1n) is 3.63. The zero-order valence-corrected chi connectivity index (χ0v) is 6.53. The average molecular weight is 169 g/mol. The van der Waals surface area contributed by atoms with E-state index in [1.807, 2.05) is 0 Å². The van der Waals surface area contributed by atoms with Crippen LogP contribution in [0.5, 0.6) is 0 Å². The summed E-state index contributed by atoms with van der Waals surface area (Å²) < 4.78 is 0. The van der Waals surface area contributed by atoms with Crippen LogP contribution in [0.4, 0.5) is 0 Å².